The Bertz CT molecular complexity index is 712. The molecule has 1 atom stereocenters. The first-order chi connectivity index (χ1) is 12.1. The van der Waals surface area contributed by atoms with Crippen LogP contribution >= 0.6 is 11.6 Å². The molecule has 6 nitrogen and oxygen atoms in total. The van der Waals surface area contributed by atoms with Gasteiger partial charge in [-0.3, -0.25) is 14.4 Å². The van der Waals surface area contributed by atoms with Crippen LogP contribution in [0.5, 0.6) is 5.75 Å². The summed E-state index contributed by atoms with van der Waals surface area (Å²) in [5, 5.41) is 14.5. The van der Waals surface area contributed by atoms with Gasteiger partial charge in [-0.2, -0.15) is 5.10 Å². The summed E-state index contributed by atoms with van der Waals surface area (Å²) in [7, 11) is 1.53. The number of rotatable bonds is 6. The number of nitrogens with zero attached hydrogens (tertiary/aromatic N) is 3. The van der Waals surface area contributed by atoms with Crippen LogP contribution in [-0.4, -0.2) is 46.0 Å². The average Bonchev–Trinajstić information content (AvgIpc) is 3.10. The number of carbonyl (C=O) groups is 1. The van der Waals surface area contributed by atoms with Gasteiger partial charge < -0.3 is 9.84 Å². The third kappa shape index (κ3) is 3.96. The zero-order valence-electron chi connectivity index (χ0n) is 14.1. The molecule has 2 aromatic rings. The highest BCUT2D eigenvalue weighted by Gasteiger charge is 2.34. The third-order valence-corrected chi connectivity index (χ3v) is 5.09. The Morgan fingerprint density at radius 1 is 1.40 bits per heavy atom. The predicted octanol–water partition coefficient (Wildman–Crippen LogP) is 3.08. The molecule has 0 radical (unpaired) electrons. The smallest absolute Gasteiger partial charge is 0.325 e. The number of piperidine rings is 1. The highest BCUT2D eigenvalue weighted by Crippen LogP contribution is 2.37. The van der Waals surface area contributed by atoms with Crippen LogP contribution in [0, 0.1) is 5.92 Å². The first-order valence-corrected chi connectivity index (χ1v) is 8.74. The van der Waals surface area contributed by atoms with Crippen LogP contribution in [0.2, 0.25) is 5.02 Å². The second kappa shape index (κ2) is 7.89. The van der Waals surface area contributed by atoms with Gasteiger partial charge in [-0.05, 0) is 50.0 Å². The summed E-state index contributed by atoms with van der Waals surface area (Å²) in [5.74, 6) is 0.106. The Labute approximate surface area is 152 Å². The summed E-state index contributed by atoms with van der Waals surface area (Å²) >= 11 is 6.31. The maximum atomic E-state index is 12.0. The molecule has 1 aromatic heterocycles. The van der Waals surface area contributed by atoms with Crippen LogP contribution < -0.4 is 4.74 Å². The van der Waals surface area contributed by atoms with Gasteiger partial charge in [0.2, 0.25) is 0 Å². The van der Waals surface area contributed by atoms with E-state index in [1.54, 1.807) is 24.4 Å². The first kappa shape index (κ1) is 17.8. The molecule has 7 heteroatoms. The number of methoxy groups -OCH3 is 1. The topological polar surface area (TPSA) is 67.6 Å². The second-order valence-electron chi connectivity index (χ2n) is 6.30. The number of carboxylic acids is 1. The summed E-state index contributed by atoms with van der Waals surface area (Å²) in [6.07, 6.45) is 5.59. The molecule has 0 saturated carbocycles. The summed E-state index contributed by atoms with van der Waals surface area (Å²) in [6.45, 7) is 2.28. The Balaban J connectivity index is 1.74. The zero-order chi connectivity index (χ0) is 17.8. The average molecular weight is 364 g/mol. The van der Waals surface area contributed by atoms with Gasteiger partial charge in [0.05, 0.1) is 7.11 Å². The fraction of sp³-hybridized carbons (Fsp3) is 0.444. The Kier molecular flexibility index (Phi) is 5.60. The number of aromatic nitrogens is 2. The molecule has 25 heavy (non-hydrogen) atoms. The van der Waals surface area contributed by atoms with Crippen LogP contribution in [0.15, 0.2) is 36.7 Å². The molecule has 1 N–H and O–H groups in total. The zero-order valence-corrected chi connectivity index (χ0v) is 14.9. The molecule has 0 aliphatic carbocycles. The Morgan fingerprint density at radius 3 is 2.76 bits per heavy atom. The summed E-state index contributed by atoms with van der Waals surface area (Å²) < 4.78 is 7.29. The molecular formula is C18H22ClN3O3. The quantitative estimate of drug-likeness (QED) is 0.854. The maximum absolute atomic E-state index is 12.0. The molecule has 0 bridgehead atoms. The molecular weight excluding hydrogens is 342 g/mol. The van der Waals surface area contributed by atoms with Crippen molar-refractivity contribution in [3.63, 3.8) is 0 Å². The van der Waals surface area contributed by atoms with E-state index in [2.05, 4.69) is 5.10 Å². The molecule has 2 heterocycles. The number of halogens is 1. The Morgan fingerprint density at radius 2 is 2.16 bits per heavy atom. The molecule has 3 rings (SSSR count). The van der Waals surface area contributed by atoms with E-state index in [-0.39, 0.29) is 0 Å². The van der Waals surface area contributed by atoms with E-state index in [9.17, 15) is 9.90 Å². The van der Waals surface area contributed by atoms with Gasteiger partial charge in [0.1, 0.15) is 11.8 Å². The minimum Gasteiger partial charge on any atom is -0.496 e. The van der Waals surface area contributed by atoms with Gasteiger partial charge in [-0.1, -0.05) is 17.7 Å². The van der Waals surface area contributed by atoms with Crippen molar-refractivity contribution in [2.75, 3.05) is 20.2 Å². The van der Waals surface area contributed by atoms with E-state index in [0.717, 1.165) is 19.4 Å². The SMILES string of the molecule is COc1cccc(Cl)c1[C@@H](C(=O)O)N1CCC(Cn2cccn2)CC1. The summed E-state index contributed by atoms with van der Waals surface area (Å²) in [4.78, 5) is 14.0. The van der Waals surface area contributed by atoms with Crippen molar-refractivity contribution >= 4 is 17.6 Å². The maximum Gasteiger partial charge on any atom is 0.325 e. The van der Waals surface area contributed by atoms with Gasteiger partial charge in [0.25, 0.3) is 0 Å². The van der Waals surface area contributed by atoms with E-state index in [1.807, 2.05) is 21.8 Å². The van der Waals surface area contributed by atoms with Crippen LogP contribution in [0.1, 0.15) is 24.4 Å². The van der Waals surface area contributed by atoms with Crippen molar-refractivity contribution in [3.8, 4) is 5.75 Å². The van der Waals surface area contributed by atoms with E-state index in [0.29, 0.717) is 35.3 Å². The molecule has 1 saturated heterocycles. The number of hydrogen-bond donors (Lipinski definition) is 1. The number of ether oxygens (including phenoxy) is 1. The monoisotopic (exact) mass is 363 g/mol. The fourth-order valence-electron chi connectivity index (χ4n) is 3.49. The number of aliphatic carboxylic acids is 1. The molecule has 1 aliphatic rings. The van der Waals surface area contributed by atoms with Crippen LogP contribution in [0.3, 0.4) is 0 Å². The number of carboxylic acid groups (broad SMARTS) is 1. The van der Waals surface area contributed by atoms with E-state index >= 15 is 0 Å². The minimum atomic E-state index is -0.906. The number of hydrogen-bond acceptors (Lipinski definition) is 4. The molecule has 134 valence electrons. The van der Waals surface area contributed by atoms with Crippen molar-refractivity contribution in [3.05, 3.63) is 47.2 Å². The van der Waals surface area contributed by atoms with Gasteiger partial charge in [-0.15, -0.1) is 0 Å². The van der Waals surface area contributed by atoms with Gasteiger partial charge >= 0.3 is 5.97 Å². The number of likely N-dealkylation sites (tertiary alicyclic amines) is 1. The lowest BCUT2D eigenvalue weighted by Crippen LogP contribution is -2.41. The molecule has 0 unspecified atom stereocenters. The van der Waals surface area contributed by atoms with Crippen LogP contribution in [0.4, 0.5) is 0 Å². The van der Waals surface area contributed by atoms with Crippen molar-refractivity contribution in [1.29, 1.82) is 0 Å². The van der Waals surface area contributed by atoms with Gasteiger partial charge in [-0.25, -0.2) is 0 Å². The van der Waals surface area contributed by atoms with Crippen molar-refractivity contribution < 1.29 is 14.6 Å². The van der Waals surface area contributed by atoms with Crippen molar-refractivity contribution in [2.24, 2.45) is 5.92 Å². The molecule has 0 amide bonds. The third-order valence-electron chi connectivity index (χ3n) is 4.76. The van der Waals surface area contributed by atoms with Crippen LogP contribution in [-0.2, 0) is 11.3 Å². The lowest BCUT2D eigenvalue weighted by molar-refractivity contribution is -0.144. The van der Waals surface area contributed by atoms with Crippen LogP contribution in [0.25, 0.3) is 0 Å². The summed E-state index contributed by atoms with van der Waals surface area (Å²) in [6, 6.07) is 6.34. The highest BCUT2D eigenvalue weighted by atomic mass is 35.5. The van der Waals surface area contributed by atoms with E-state index in [4.69, 9.17) is 16.3 Å². The molecule has 0 spiro atoms. The predicted molar refractivity (Wildman–Crippen MR) is 94.9 cm³/mol. The second-order valence-corrected chi connectivity index (χ2v) is 6.71. The molecule has 1 aromatic carbocycles. The van der Waals surface area contributed by atoms with Gasteiger partial charge in [0, 0.05) is 29.5 Å². The van der Waals surface area contributed by atoms with E-state index in [1.165, 1.54) is 7.11 Å². The van der Waals surface area contributed by atoms with Gasteiger partial charge in [0.15, 0.2) is 0 Å². The highest BCUT2D eigenvalue weighted by molar-refractivity contribution is 6.31. The van der Waals surface area contributed by atoms with Crippen molar-refractivity contribution in [2.45, 2.75) is 25.4 Å². The standard InChI is InChI=1S/C18H22ClN3O3/c1-25-15-5-2-4-14(19)16(15)17(18(23)24)21-10-6-13(7-11-21)12-22-9-3-8-20-22/h2-5,8-9,13,17H,6-7,10-12H2,1H3,(H,23,24)/t17-/m0/s1. The summed E-state index contributed by atoms with van der Waals surface area (Å²) in [5.41, 5.74) is 0.532. The first-order valence-electron chi connectivity index (χ1n) is 8.37. The molecule has 1 aliphatic heterocycles. The lowest BCUT2D eigenvalue weighted by atomic mass is 9.94. The fourth-order valence-corrected chi connectivity index (χ4v) is 3.76. The minimum absolute atomic E-state index is 0.422. The number of benzene rings is 1. The largest absolute Gasteiger partial charge is 0.496 e. The lowest BCUT2D eigenvalue weighted by Gasteiger charge is -2.36. The van der Waals surface area contributed by atoms with Crippen molar-refractivity contribution in [1.82, 2.24) is 14.7 Å². The normalized spacial score (nSPS) is 17.4. The van der Waals surface area contributed by atoms with E-state index < -0.39 is 12.0 Å². The Hall–Kier alpha value is -2.05. The molecule has 1 fully saturated rings.